The normalized spacial score (nSPS) is 13.0. The summed E-state index contributed by atoms with van der Waals surface area (Å²) in [6.45, 7) is 8.86. The number of hydrogen-bond donors (Lipinski definition) is 1. The quantitative estimate of drug-likeness (QED) is 0.680. The molecule has 1 aromatic rings. The maximum atomic E-state index is 3.49. The zero-order valence-corrected chi connectivity index (χ0v) is 10.3. The third kappa shape index (κ3) is 3.71. The predicted molar refractivity (Wildman–Crippen MR) is 66.0 cm³/mol. The van der Waals surface area contributed by atoms with Crippen LogP contribution in [-0.2, 0) is 6.54 Å². The smallest absolute Gasteiger partial charge is 0.0359 e. The minimum Gasteiger partial charge on any atom is -0.347 e. The SMILES string of the molecule is CCCCNCc1cccn1C(C)CC. The standard InChI is InChI=1S/C13H24N2/c1-4-6-9-14-11-13-8-7-10-15(13)12(3)5-2/h7-8,10,12,14H,4-6,9,11H2,1-3H3. The van der Waals surface area contributed by atoms with Crippen molar-refractivity contribution in [1.82, 2.24) is 9.88 Å². The van der Waals surface area contributed by atoms with Crippen molar-refractivity contribution in [1.29, 1.82) is 0 Å². The Kier molecular flexibility index (Phi) is 5.48. The van der Waals surface area contributed by atoms with Crippen molar-refractivity contribution in [2.24, 2.45) is 0 Å². The van der Waals surface area contributed by atoms with E-state index in [1.54, 1.807) is 0 Å². The Balaban J connectivity index is 2.43. The molecule has 0 bridgehead atoms. The van der Waals surface area contributed by atoms with Gasteiger partial charge in [-0.15, -0.1) is 0 Å². The molecule has 1 unspecified atom stereocenters. The lowest BCUT2D eigenvalue weighted by Crippen LogP contribution is -2.18. The Morgan fingerprint density at radius 3 is 2.87 bits per heavy atom. The van der Waals surface area contributed by atoms with E-state index in [1.807, 2.05) is 0 Å². The van der Waals surface area contributed by atoms with E-state index in [9.17, 15) is 0 Å². The maximum Gasteiger partial charge on any atom is 0.0359 e. The van der Waals surface area contributed by atoms with Crippen LogP contribution in [0, 0.1) is 0 Å². The van der Waals surface area contributed by atoms with Crippen molar-refractivity contribution in [2.45, 2.75) is 52.6 Å². The molecular formula is C13H24N2. The highest BCUT2D eigenvalue weighted by Gasteiger charge is 2.05. The summed E-state index contributed by atoms with van der Waals surface area (Å²) in [5.41, 5.74) is 1.40. The van der Waals surface area contributed by atoms with Gasteiger partial charge in [-0.1, -0.05) is 20.3 Å². The summed E-state index contributed by atoms with van der Waals surface area (Å²) in [6, 6.07) is 4.97. The Morgan fingerprint density at radius 1 is 1.40 bits per heavy atom. The van der Waals surface area contributed by atoms with Crippen LogP contribution in [0.1, 0.15) is 51.8 Å². The molecule has 0 radical (unpaired) electrons. The summed E-state index contributed by atoms with van der Waals surface area (Å²) in [7, 11) is 0. The van der Waals surface area contributed by atoms with Gasteiger partial charge < -0.3 is 9.88 Å². The molecule has 1 aromatic heterocycles. The summed E-state index contributed by atoms with van der Waals surface area (Å²) in [6.07, 6.45) is 5.91. The van der Waals surface area contributed by atoms with Crippen molar-refractivity contribution in [2.75, 3.05) is 6.54 Å². The van der Waals surface area contributed by atoms with Crippen molar-refractivity contribution in [3.8, 4) is 0 Å². The molecule has 0 spiro atoms. The average molecular weight is 208 g/mol. The van der Waals surface area contributed by atoms with E-state index in [1.165, 1.54) is 25.0 Å². The fourth-order valence-corrected chi connectivity index (χ4v) is 1.72. The van der Waals surface area contributed by atoms with Crippen LogP contribution in [0.2, 0.25) is 0 Å². The minimum absolute atomic E-state index is 0.614. The highest BCUT2D eigenvalue weighted by atomic mass is 15.0. The van der Waals surface area contributed by atoms with Crippen LogP contribution in [0.3, 0.4) is 0 Å². The number of rotatable bonds is 7. The molecule has 2 heteroatoms. The van der Waals surface area contributed by atoms with E-state index < -0.39 is 0 Å². The van der Waals surface area contributed by atoms with E-state index >= 15 is 0 Å². The third-order valence-electron chi connectivity index (χ3n) is 2.95. The molecule has 0 aliphatic heterocycles. The van der Waals surface area contributed by atoms with E-state index in [4.69, 9.17) is 0 Å². The molecule has 0 saturated carbocycles. The van der Waals surface area contributed by atoms with Crippen molar-refractivity contribution in [3.63, 3.8) is 0 Å². The van der Waals surface area contributed by atoms with Gasteiger partial charge in [0.15, 0.2) is 0 Å². The van der Waals surface area contributed by atoms with Crippen LogP contribution in [0.5, 0.6) is 0 Å². The topological polar surface area (TPSA) is 17.0 Å². The zero-order chi connectivity index (χ0) is 11.1. The third-order valence-corrected chi connectivity index (χ3v) is 2.95. The van der Waals surface area contributed by atoms with Gasteiger partial charge in [-0.2, -0.15) is 0 Å². The number of hydrogen-bond acceptors (Lipinski definition) is 1. The molecule has 0 aliphatic carbocycles. The second kappa shape index (κ2) is 6.67. The van der Waals surface area contributed by atoms with Gasteiger partial charge >= 0.3 is 0 Å². The number of unbranched alkanes of at least 4 members (excludes halogenated alkanes) is 1. The molecule has 0 aliphatic rings. The fraction of sp³-hybridized carbons (Fsp3) is 0.692. The molecule has 0 saturated heterocycles. The molecule has 15 heavy (non-hydrogen) atoms. The summed E-state index contributed by atoms with van der Waals surface area (Å²) >= 11 is 0. The maximum absolute atomic E-state index is 3.49. The van der Waals surface area contributed by atoms with Crippen LogP contribution in [0.25, 0.3) is 0 Å². The lowest BCUT2D eigenvalue weighted by molar-refractivity contribution is 0.500. The van der Waals surface area contributed by atoms with Gasteiger partial charge in [0.25, 0.3) is 0 Å². The van der Waals surface area contributed by atoms with Gasteiger partial charge in [-0.05, 0) is 38.4 Å². The molecule has 2 nitrogen and oxygen atoms in total. The van der Waals surface area contributed by atoms with Gasteiger partial charge in [0.1, 0.15) is 0 Å². The first-order chi connectivity index (χ1) is 7.29. The summed E-state index contributed by atoms with van der Waals surface area (Å²) in [5, 5.41) is 3.49. The second-order valence-corrected chi connectivity index (χ2v) is 4.19. The Morgan fingerprint density at radius 2 is 2.20 bits per heavy atom. The Labute approximate surface area is 93.7 Å². The molecule has 0 amide bonds. The van der Waals surface area contributed by atoms with Gasteiger partial charge in [-0.25, -0.2) is 0 Å². The van der Waals surface area contributed by atoms with E-state index in [2.05, 4.69) is 49.0 Å². The lowest BCUT2D eigenvalue weighted by atomic mass is 10.2. The van der Waals surface area contributed by atoms with Crippen LogP contribution in [0.15, 0.2) is 18.3 Å². The predicted octanol–water partition coefficient (Wildman–Crippen LogP) is 3.35. The number of aromatic nitrogens is 1. The Hall–Kier alpha value is -0.760. The molecule has 0 fully saturated rings. The molecule has 86 valence electrons. The summed E-state index contributed by atoms with van der Waals surface area (Å²) < 4.78 is 2.37. The first kappa shape index (κ1) is 12.3. The van der Waals surface area contributed by atoms with Crippen LogP contribution >= 0.6 is 0 Å². The van der Waals surface area contributed by atoms with Gasteiger partial charge in [0.05, 0.1) is 0 Å². The zero-order valence-electron chi connectivity index (χ0n) is 10.3. The fourth-order valence-electron chi connectivity index (χ4n) is 1.72. The van der Waals surface area contributed by atoms with E-state index in [0.717, 1.165) is 13.1 Å². The molecule has 1 atom stereocenters. The monoisotopic (exact) mass is 208 g/mol. The lowest BCUT2D eigenvalue weighted by Gasteiger charge is -2.16. The second-order valence-electron chi connectivity index (χ2n) is 4.19. The Bertz CT molecular complexity index is 265. The highest BCUT2D eigenvalue weighted by Crippen LogP contribution is 2.14. The van der Waals surface area contributed by atoms with E-state index in [-0.39, 0.29) is 0 Å². The first-order valence-electron chi connectivity index (χ1n) is 6.16. The van der Waals surface area contributed by atoms with Crippen molar-refractivity contribution >= 4 is 0 Å². The molecule has 0 aromatic carbocycles. The average Bonchev–Trinajstić information content (AvgIpc) is 2.71. The van der Waals surface area contributed by atoms with Crippen LogP contribution < -0.4 is 5.32 Å². The molecular weight excluding hydrogens is 184 g/mol. The van der Waals surface area contributed by atoms with Crippen molar-refractivity contribution < 1.29 is 0 Å². The van der Waals surface area contributed by atoms with Gasteiger partial charge in [0.2, 0.25) is 0 Å². The van der Waals surface area contributed by atoms with E-state index in [0.29, 0.717) is 6.04 Å². The highest BCUT2D eigenvalue weighted by molar-refractivity contribution is 5.08. The minimum atomic E-state index is 0.614. The van der Waals surface area contributed by atoms with Crippen LogP contribution in [-0.4, -0.2) is 11.1 Å². The molecule has 1 N–H and O–H groups in total. The molecule has 1 heterocycles. The summed E-state index contributed by atoms with van der Waals surface area (Å²) in [5.74, 6) is 0. The largest absolute Gasteiger partial charge is 0.347 e. The molecule has 1 rings (SSSR count). The van der Waals surface area contributed by atoms with Crippen LogP contribution in [0.4, 0.5) is 0 Å². The summed E-state index contributed by atoms with van der Waals surface area (Å²) in [4.78, 5) is 0. The number of nitrogens with one attached hydrogen (secondary N) is 1. The van der Waals surface area contributed by atoms with Gasteiger partial charge in [-0.3, -0.25) is 0 Å². The van der Waals surface area contributed by atoms with Gasteiger partial charge in [0, 0.05) is 24.5 Å². The number of nitrogens with zero attached hydrogens (tertiary/aromatic N) is 1. The first-order valence-corrected chi connectivity index (χ1v) is 6.16. The van der Waals surface area contributed by atoms with Crippen molar-refractivity contribution in [3.05, 3.63) is 24.0 Å².